The number of carbonyl (C=O) groups excluding carboxylic acids is 2. The fourth-order valence-corrected chi connectivity index (χ4v) is 3.75. The molecule has 0 fully saturated rings. The highest BCUT2D eigenvalue weighted by Crippen LogP contribution is 2.47. The Morgan fingerprint density at radius 2 is 1.13 bits per heavy atom. The van der Waals surface area contributed by atoms with E-state index >= 15 is 0 Å². The van der Waals surface area contributed by atoms with Gasteiger partial charge in [-0.25, -0.2) is 9.59 Å². The molecular weight excluding hydrogens is 372 g/mol. The van der Waals surface area contributed by atoms with Crippen molar-refractivity contribution in [2.45, 2.75) is 79.1 Å². The Kier molecular flexibility index (Phi) is 7.67. The molecule has 0 atom stereocenters. The maximum absolute atomic E-state index is 11.4. The summed E-state index contributed by atoms with van der Waals surface area (Å²) in [6.45, 7) is 16.9. The second kappa shape index (κ2) is 9.80. The highest BCUT2D eigenvalue weighted by atomic mass is 16.1. The van der Waals surface area contributed by atoms with Crippen LogP contribution in [0, 0.1) is 0 Å². The van der Waals surface area contributed by atoms with Gasteiger partial charge in [0.05, 0.1) is 11.4 Å². The maximum Gasteiger partial charge on any atom is 0.240 e. The molecule has 0 N–H and O–H groups in total. The van der Waals surface area contributed by atoms with Gasteiger partial charge in [0, 0.05) is 11.1 Å². The summed E-state index contributed by atoms with van der Waals surface area (Å²) in [4.78, 5) is 30.7. The van der Waals surface area contributed by atoms with Gasteiger partial charge in [-0.1, -0.05) is 73.6 Å². The third-order valence-corrected chi connectivity index (χ3v) is 5.47. The first-order valence-electron chi connectivity index (χ1n) is 10.6. The fourth-order valence-electron chi connectivity index (χ4n) is 3.75. The van der Waals surface area contributed by atoms with E-state index in [0.29, 0.717) is 23.2 Å². The van der Waals surface area contributed by atoms with Crippen LogP contribution in [0.5, 0.6) is 0 Å². The van der Waals surface area contributed by atoms with Crippen LogP contribution in [0.1, 0.15) is 101 Å². The largest absolute Gasteiger partial charge is 0.240 e. The van der Waals surface area contributed by atoms with E-state index in [1.54, 1.807) is 12.2 Å². The molecule has 0 aliphatic carbocycles. The lowest BCUT2D eigenvalue weighted by Gasteiger charge is -2.22. The van der Waals surface area contributed by atoms with E-state index in [0.717, 1.165) is 22.3 Å². The average Bonchev–Trinajstić information content (AvgIpc) is 2.67. The number of benzene rings is 2. The van der Waals surface area contributed by atoms with E-state index in [1.165, 1.54) is 11.1 Å². The molecule has 4 heteroatoms. The molecule has 0 aliphatic rings. The second-order valence-corrected chi connectivity index (χ2v) is 9.04. The summed E-state index contributed by atoms with van der Waals surface area (Å²) in [5.41, 5.74) is 7.20. The van der Waals surface area contributed by atoms with Gasteiger partial charge in [-0.15, -0.1) is 0 Å². The summed E-state index contributed by atoms with van der Waals surface area (Å²) in [5, 5.41) is 0. The summed E-state index contributed by atoms with van der Waals surface area (Å²) in [6, 6.07) is 8.62. The Morgan fingerprint density at radius 3 is 1.53 bits per heavy atom. The number of isocyanates is 2. The maximum atomic E-state index is 11.4. The zero-order chi connectivity index (χ0) is 22.6. The molecule has 0 unspecified atom stereocenters. The van der Waals surface area contributed by atoms with Crippen LogP contribution < -0.4 is 0 Å². The van der Waals surface area contributed by atoms with E-state index in [-0.39, 0.29) is 11.8 Å². The van der Waals surface area contributed by atoms with Crippen molar-refractivity contribution in [3.8, 4) is 11.1 Å². The summed E-state index contributed by atoms with van der Waals surface area (Å²) < 4.78 is 0. The molecule has 30 heavy (non-hydrogen) atoms. The Balaban J connectivity index is 3.06. The van der Waals surface area contributed by atoms with Crippen molar-refractivity contribution >= 4 is 23.5 Å². The minimum absolute atomic E-state index is 0.0134. The molecule has 0 bridgehead atoms. The summed E-state index contributed by atoms with van der Waals surface area (Å²) >= 11 is 0. The molecule has 0 aromatic heterocycles. The van der Waals surface area contributed by atoms with Crippen molar-refractivity contribution in [3.63, 3.8) is 0 Å². The molecule has 2 rings (SSSR count). The van der Waals surface area contributed by atoms with E-state index in [2.05, 4.69) is 69.7 Å². The topological polar surface area (TPSA) is 58.9 Å². The van der Waals surface area contributed by atoms with Crippen molar-refractivity contribution in [1.29, 1.82) is 0 Å². The van der Waals surface area contributed by atoms with Crippen LogP contribution in [0.25, 0.3) is 11.1 Å². The Hall–Kier alpha value is -2.80. The van der Waals surface area contributed by atoms with Gasteiger partial charge in [0.2, 0.25) is 12.2 Å². The van der Waals surface area contributed by atoms with Crippen molar-refractivity contribution in [3.05, 3.63) is 46.5 Å². The van der Waals surface area contributed by atoms with E-state index < -0.39 is 0 Å². The van der Waals surface area contributed by atoms with Crippen molar-refractivity contribution in [2.24, 2.45) is 9.98 Å². The third-order valence-electron chi connectivity index (χ3n) is 5.47. The van der Waals surface area contributed by atoms with E-state index in [1.807, 2.05) is 19.9 Å². The van der Waals surface area contributed by atoms with Gasteiger partial charge in [0.25, 0.3) is 0 Å². The van der Waals surface area contributed by atoms with Gasteiger partial charge in [0.1, 0.15) is 0 Å². The number of nitrogens with zero attached hydrogens (tertiary/aromatic N) is 2. The molecule has 4 nitrogen and oxygen atoms in total. The standard InChI is InChI=1S/C26H32N2O2/c1-15(2)19-9-20(16(3)4)11-21(10-19)23-12-22(17(5)6)25(27-13-29)24(18(7)8)26(23)28-14-30/h9-12,15-18H,1-8H3. The monoisotopic (exact) mass is 404 g/mol. The van der Waals surface area contributed by atoms with Crippen LogP contribution >= 0.6 is 0 Å². The lowest BCUT2D eigenvalue weighted by Crippen LogP contribution is -2.00. The fraction of sp³-hybridized carbons (Fsp3) is 0.462. The van der Waals surface area contributed by atoms with Crippen LogP contribution in [0.15, 0.2) is 34.3 Å². The predicted molar refractivity (Wildman–Crippen MR) is 124 cm³/mol. The summed E-state index contributed by atoms with van der Waals surface area (Å²) in [5.74, 6) is 0.891. The molecular formula is C26H32N2O2. The predicted octanol–water partition coefficient (Wildman–Crippen LogP) is 7.78. The zero-order valence-corrected chi connectivity index (χ0v) is 19.3. The first-order valence-corrected chi connectivity index (χ1v) is 10.6. The van der Waals surface area contributed by atoms with Crippen molar-refractivity contribution < 1.29 is 9.59 Å². The zero-order valence-electron chi connectivity index (χ0n) is 19.3. The van der Waals surface area contributed by atoms with Gasteiger partial charge < -0.3 is 0 Å². The van der Waals surface area contributed by atoms with Crippen molar-refractivity contribution in [1.82, 2.24) is 0 Å². The van der Waals surface area contributed by atoms with Crippen LogP contribution in [-0.4, -0.2) is 12.2 Å². The first-order chi connectivity index (χ1) is 14.1. The molecule has 0 spiro atoms. The van der Waals surface area contributed by atoms with Gasteiger partial charge in [-0.05, 0) is 52.0 Å². The molecule has 0 aliphatic heterocycles. The molecule has 0 radical (unpaired) electrons. The number of hydrogen-bond donors (Lipinski definition) is 0. The molecule has 158 valence electrons. The average molecular weight is 405 g/mol. The third kappa shape index (κ3) is 4.84. The summed E-state index contributed by atoms with van der Waals surface area (Å²) in [6.07, 6.45) is 3.40. The summed E-state index contributed by atoms with van der Waals surface area (Å²) in [7, 11) is 0. The molecule has 0 heterocycles. The Labute approximate surface area is 180 Å². The molecule has 0 amide bonds. The quantitative estimate of drug-likeness (QED) is 0.349. The Morgan fingerprint density at radius 1 is 0.633 bits per heavy atom. The van der Waals surface area contributed by atoms with Gasteiger partial charge in [0.15, 0.2) is 0 Å². The number of aliphatic imine (C=N–C) groups is 2. The highest BCUT2D eigenvalue weighted by molar-refractivity contribution is 5.86. The van der Waals surface area contributed by atoms with Gasteiger partial charge in [-0.2, -0.15) is 9.98 Å². The minimum atomic E-state index is 0.0134. The molecule has 2 aromatic rings. The number of rotatable bonds is 7. The first kappa shape index (κ1) is 23.5. The minimum Gasteiger partial charge on any atom is -0.211 e. The van der Waals surface area contributed by atoms with E-state index in [9.17, 15) is 9.59 Å². The highest BCUT2D eigenvalue weighted by Gasteiger charge is 2.23. The van der Waals surface area contributed by atoms with Crippen LogP contribution in [0.3, 0.4) is 0 Å². The van der Waals surface area contributed by atoms with Crippen LogP contribution in [0.4, 0.5) is 11.4 Å². The molecule has 0 saturated heterocycles. The van der Waals surface area contributed by atoms with Gasteiger partial charge >= 0.3 is 0 Å². The normalized spacial score (nSPS) is 11.2. The smallest absolute Gasteiger partial charge is 0.211 e. The van der Waals surface area contributed by atoms with E-state index in [4.69, 9.17) is 0 Å². The van der Waals surface area contributed by atoms with Crippen LogP contribution in [0.2, 0.25) is 0 Å². The molecule has 2 aromatic carbocycles. The van der Waals surface area contributed by atoms with Crippen molar-refractivity contribution in [2.75, 3.05) is 0 Å². The van der Waals surface area contributed by atoms with Gasteiger partial charge in [-0.3, -0.25) is 0 Å². The lowest BCUT2D eigenvalue weighted by atomic mass is 9.84. The Bertz CT molecular complexity index is 994. The lowest BCUT2D eigenvalue weighted by molar-refractivity contribution is 0.564. The van der Waals surface area contributed by atoms with Crippen LogP contribution in [-0.2, 0) is 9.59 Å². The number of hydrogen-bond acceptors (Lipinski definition) is 4. The SMILES string of the molecule is CC(C)c1cc(-c2cc(C(C)C)c(N=C=O)c(C(C)C)c2N=C=O)cc(C(C)C)c1. The second-order valence-electron chi connectivity index (χ2n) is 9.04. The molecule has 0 saturated carbocycles.